The average Bonchev–Trinajstić information content (AvgIpc) is 3.08. The van der Waals surface area contributed by atoms with Crippen LogP contribution < -0.4 is 21.7 Å². The molecule has 0 saturated carbocycles. The first kappa shape index (κ1) is 28.6. The Morgan fingerprint density at radius 2 is 1.89 bits per heavy atom. The Hall–Kier alpha value is -2.44. The SMILES string of the molecule is Cc1ccc(Nc2nc(Nc3ccc4c(c3)CC[C@@H](CCC[C@@H](O)CN)CC4)ncc2Cl)c(P(C)(C)=O)c1. The molecule has 2 atom stereocenters. The molecule has 1 aliphatic carbocycles. The first-order chi connectivity index (χ1) is 18.1. The molecule has 0 fully saturated rings. The van der Waals surface area contributed by atoms with E-state index in [0.717, 1.165) is 60.8 Å². The quantitative estimate of drug-likeness (QED) is 0.175. The third-order valence-corrected chi connectivity index (χ3v) is 9.07. The van der Waals surface area contributed by atoms with Gasteiger partial charge in [-0.15, -0.1) is 0 Å². The number of aliphatic hydroxyl groups excluding tert-OH is 1. The molecular weight excluding hydrogens is 517 g/mol. The minimum Gasteiger partial charge on any atom is -0.392 e. The second-order valence-corrected chi connectivity index (χ2v) is 14.3. The lowest BCUT2D eigenvalue weighted by atomic mass is 9.93. The molecule has 4 rings (SSSR count). The second kappa shape index (κ2) is 12.6. The van der Waals surface area contributed by atoms with E-state index in [9.17, 15) is 9.67 Å². The molecule has 5 N–H and O–H groups in total. The summed E-state index contributed by atoms with van der Waals surface area (Å²) in [6.07, 6.45) is 8.57. The van der Waals surface area contributed by atoms with E-state index < -0.39 is 7.14 Å². The number of nitrogens with two attached hydrogens (primary N) is 1. The third-order valence-electron chi connectivity index (χ3n) is 7.26. The molecule has 1 aromatic heterocycles. The van der Waals surface area contributed by atoms with E-state index in [2.05, 4.69) is 38.8 Å². The maximum Gasteiger partial charge on any atom is 0.229 e. The van der Waals surface area contributed by atoms with Gasteiger partial charge in [0, 0.05) is 17.5 Å². The van der Waals surface area contributed by atoms with Gasteiger partial charge in [0.15, 0.2) is 5.82 Å². The number of rotatable bonds is 10. The highest BCUT2D eigenvalue weighted by molar-refractivity contribution is 7.70. The number of benzene rings is 2. The molecule has 204 valence electrons. The monoisotopic (exact) mass is 555 g/mol. The zero-order valence-electron chi connectivity index (χ0n) is 22.5. The fourth-order valence-electron chi connectivity index (χ4n) is 5.06. The number of hydrogen-bond acceptors (Lipinski definition) is 7. The van der Waals surface area contributed by atoms with Crippen LogP contribution in [0.3, 0.4) is 0 Å². The van der Waals surface area contributed by atoms with Crippen molar-refractivity contribution in [1.82, 2.24) is 9.97 Å². The van der Waals surface area contributed by atoms with Gasteiger partial charge in [0.1, 0.15) is 12.2 Å². The summed E-state index contributed by atoms with van der Waals surface area (Å²) < 4.78 is 12.9. The zero-order chi connectivity index (χ0) is 27.3. The minimum absolute atomic E-state index is 0.341. The standard InChI is InChI=1S/C29H39ClN5O2P/c1-19-7-14-26(27(15-19)38(2,3)37)34-28-25(30)18-32-29(35-28)33-23-13-12-21-10-8-20(9-11-22(21)16-23)5-4-6-24(36)17-31/h7,12-16,18,20,24,36H,4-6,8-11,17,31H2,1-3H3,(H2,32,33,34,35)/t20-,24+/m0/s1. The van der Waals surface area contributed by atoms with Crippen LogP contribution in [0.15, 0.2) is 42.6 Å². The molecule has 0 amide bonds. The molecule has 0 spiro atoms. The van der Waals surface area contributed by atoms with E-state index in [-0.39, 0.29) is 6.10 Å². The Bertz CT molecular complexity index is 1310. The average molecular weight is 556 g/mol. The molecule has 9 heteroatoms. The fourth-order valence-corrected chi connectivity index (χ4v) is 6.42. The third kappa shape index (κ3) is 7.57. The van der Waals surface area contributed by atoms with E-state index in [1.165, 1.54) is 17.5 Å². The van der Waals surface area contributed by atoms with Crippen LogP contribution in [0, 0.1) is 12.8 Å². The van der Waals surface area contributed by atoms with Crippen LogP contribution in [0.25, 0.3) is 0 Å². The predicted octanol–water partition coefficient (Wildman–Crippen LogP) is 6.16. The number of aliphatic hydroxyl groups is 1. The van der Waals surface area contributed by atoms with Crippen molar-refractivity contribution in [2.24, 2.45) is 11.7 Å². The lowest BCUT2D eigenvalue weighted by Crippen LogP contribution is -2.19. The van der Waals surface area contributed by atoms with Crippen molar-refractivity contribution < 1.29 is 9.67 Å². The lowest BCUT2D eigenvalue weighted by Gasteiger charge is -2.17. The van der Waals surface area contributed by atoms with Gasteiger partial charge in [0.05, 0.1) is 18.0 Å². The van der Waals surface area contributed by atoms with Gasteiger partial charge in [0.2, 0.25) is 5.95 Å². The predicted molar refractivity (Wildman–Crippen MR) is 159 cm³/mol. The van der Waals surface area contributed by atoms with Gasteiger partial charge < -0.3 is 26.0 Å². The summed E-state index contributed by atoms with van der Waals surface area (Å²) in [5.41, 5.74) is 11.0. The minimum atomic E-state index is -2.51. The van der Waals surface area contributed by atoms with Crippen molar-refractivity contribution in [2.75, 3.05) is 30.5 Å². The molecular formula is C29H39ClN5O2P. The van der Waals surface area contributed by atoms with Crippen LogP contribution in [-0.4, -0.2) is 41.1 Å². The Morgan fingerprint density at radius 3 is 2.63 bits per heavy atom. The number of fused-ring (bicyclic) bond motifs is 1. The van der Waals surface area contributed by atoms with Gasteiger partial charge in [-0.05, 0) is 93.7 Å². The van der Waals surface area contributed by atoms with Crippen LogP contribution in [0.5, 0.6) is 0 Å². The Labute approximate surface area is 231 Å². The van der Waals surface area contributed by atoms with Crippen LogP contribution in [0.1, 0.15) is 48.8 Å². The number of aromatic nitrogens is 2. The number of nitrogens with one attached hydrogen (secondary N) is 2. The molecule has 2 aromatic carbocycles. The Morgan fingerprint density at radius 1 is 1.13 bits per heavy atom. The van der Waals surface area contributed by atoms with Gasteiger partial charge >= 0.3 is 0 Å². The summed E-state index contributed by atoms with van der Waals surface area (Å²) in [5, 5.41) is 17.5. The number of hydrogen-bond donors (Lipinski definition) is 4. The Kier molecular flexibility index (Phi) is 9.48. The van der Waals surface area contributed by atoms with Crippen molar-refractivity contribution in [2.45, 2.75) is 58.0 Å². The Balaban J connectivity index is 1.45. The van der Waals surface area contributed by atoms with Crippen molar-refractivity contribution in [1.29, 1.82) is 0 Å². The van der Waals surface area contributed by atoms with Crippen molar-refractivity contribution in [3.8, 4) is 0 Å². The van der Waals surface area contributed by atoms with Gasteiger partial charge in [-0.3, -0.25) is 0 Å². The highest BCUT2D eigenvalue weighted by Gasteiger charge is 2.19. The summed E-state index contributed by atoms with van der Waals surface area (Å²) in [4.78, 5) is 9.00. The number of nitrogens with zero attached hydrogens (tertiary/aromatic N) is 2. The molecule has 0 radical (unpaired) electrons. The number of anilines is 4. The van der Waals surface area contributed by atoms with Gasteiger partial charge in [0.25, 0.3) is 0 Å². The molecule has 7 nitrogen and oxygen atoms in total. The molecule has 0 unspecified atom stereocenters. The molecule has 0 saturated heterocycles. The molecule has 38 heavy (non-hydrogen) atoms. The molecule has 1 heterocycles. The maximum atomic E-state index is 12.9. The highest BCUT2D eigenvalue weighted by Crippen LogP contribution is 2.39. The first-order valence-electron chi connectivity index (χ1n) is 13.3. The maximum absolute atomic E-state index is 12.9. The number of aryl methyl sites for hydroxylation is 3. The molecule has 0 bridgehead atoms. The smallest absolute Gasteiger partial charge is 0.229 e. The van der Waals surface area contributed by atoms with E-state index >= 15 is 0 Å². The van der Waals surface area contributed by atoms with E-state index in [1.807, 2.05) is 25.1 Å². The van der Waals surface area contributed by atoms with Crippen molar-refractivity contribution in [3.05, 3.63) is 64.3 Å². The summed E-state index contributed by atoms with van der Waals surface area (Å²) in [5.74, 6) is 1.57. The summed E-state index contributed by atoms with van der Waals surface area (Å²) >= 11 is 6.43. The topological polar surface area (TPSA) is 113 Å². The van der Waals surface area contributed by atoms with E-state index in [1.54, 1.807) is 19.5 Å². The summed E-state index contributed by atoms with van der Waals surface area (Å²) in [6, 6.07) is 12.3. The first-order valence-corrected chi connectivity index (χ1v) is 16.3. The van der Waals surface area contributed by atoms with Crippen LogP contribution in [0.2, 0.25) is 5.02 Å². The zero-order valence-corrected chi connectivity index (χ0v) is 24.2. The largest absolute Gasteiger partial charge is 0.392 e. The van der Waals surface area contributed by atoms with Crippen LogP contribution in [-0.2, 0) is 17.4 Å². The summed E-state index contributed by atoms with van der Waals surface area (Å²) in [7, 11) is -2.51. The van der Waals surface area contributed by atoms with Crippen molar-refractivity contribution >= 4 is 47.2 Å². The lowest BCUT2D eigenvalue weighted by molar-refractivity contribution is 0.166. The van der Waals surface area contributed by atoms with Gasteiger partial charge in [-0.2, -0.15) is 4.98 Å². The van der Waals surface area contributed by atoms with Crippen molar-refractivity contribution in [3.63, 3.8) is 0 Å². The van der Waals surface area contributed by atoms with Crippen LogP contribution in [0.4, 0.5) is 23.1 Å². The molecule has 3 aromatic rings. The van der Waals surface area contributed by atoms with Gasteiger partial charge in [-0.1, -0.05) is 42.1 Å². The fraction of sp³-hybridized carbons (Fsp3) is 0.448. The highest BCUT2D eigenvalue weighted by atomic mass is 35.5. The van der Waals surface area contributed by atoms with E-state index in [0.29, 0.717) is 29.3 Å². The normalized spacial score (nSPS) is 16.4. The summed E-state index contributed by atoms with van der Waals surface area (Å²) in [6.45, 7) is 5.84. The molecule has 1 aliphatic rings. The van der Waals surface area contributed by atoms with E-state index in [4.69, 9.17) is 17.3 Å². The second-order valence-electron chi connectivity index (χ2n) is 10.8. The number of halogens is 1. The van der Waals surface area contributed by atoms with Gasteiger partial charge in [-0.25, -0.2) is 4.98 Å². The molecule has 0 aliphatic heterocycles. The van der Waals surface area contributed by atoms with Crippen LogP contribution >= 0.6 is 18.7 Å².